The molecule has 1 unspecified atom stereocenters. The van der Waals surface area contributed by atoms with Crippen LogP contribution in [0.2, 0.25) is 0 Å². The first-order valence-electron chi connectivity index (χ1n) is 6.12. The van der Waals surface area contributed by atoms with E-state index in [1.807, 2.05) is 7.05 Å². The van der Waals surface area contributed by atoms with Gasteiger partial charge in [-0.15, -0.1) is 0 Å². The molecule has 84 valence electrons. The van der Waals surface area contributed by atoms with Crippen molar-refractivity contribution in [1.29, 1.82) is 0 Å². The highest BCUT2D eigenvalue weighted by Crippen LogP contribution is 2.18. The molecule has 1 saturated carbocycles. The summed E-state index contributed by atoms with van der Waals surface area (Å²) in [5, 5.41) is 6.99. The van der Waals surface area contributed by atoms with Crippen molar-refractivity contribution in [3.63, 3.8) is 0 Å². The first-order chi connectivity index (χ1) is 6.74. The average molecular weight is 198 g/mol. The quantitative estimate of drug-likeness (QED) is 0.682. The molecular weight excluding hydrogens is 172 g/mol. The van der Waals surface area contributed by atoms with Crippen LogP contribution >= 0.6 is 0 Å². The molecule has 1 rings (SSSR count). The van der Waals surface area contributed by atoms with Gasteiger partial charge in [0.05, 0.1) is 0 Å². The van der Waals surface area contributed by atoms with Crippen LogP contribution in [0, 0.1) is 11.8 Å². The highest BCUT2D eigenvalue weighted by atomic mass is 14.9. The molecule has 0 spiro atoms. The zero-order chi connectivity index (χ0) is 10.4. The summed E-state index contributed by atoms with van der Waals surface area (Å²) in [6.07, 6.45) is 5.64. The second-order valence-electron chi connectivity index (χ2n) is 4.95. The largest absolute Gasteiger partial charge is 0.319 e. The molecule has 1 aliphatic carbocycles. The summed E-state index contributed by atoms with van der Waals surface area (Å²) in [5.74, 6) is 1.55. The van der Waals surface area contributed by atoms with Gasteiger partial charge in [-0.05, 0) is 44.8 Å². The summed E-state index contributed by atoms with van der Waals surface area (Å²) in [5.41, 5.74) is 0. The predicted octanol–water partition coefficient (Wildman–Crippen LogP) is 2.01. The van der Waals surface area contributed by atoms with E-state index in [4.69, 9.17) is 0 Å². The van der Waals surface area contributed by atoms with E-state index < -0.39 is 0 Å². The van der Waals surface area contributed by atoms with E-state index in [1.54, 1.807) is 0 Å². The second-order valence-corrected chi connectivity index (χ2v) is 4.95. The van der Waals surface area contributed by atoms with Gasteiger partial charge in [-0.3, -0.25) is 0 Å². The lowest BCUT2D eigenvalue weighted by molar-refractivity contribution is 0.335. The fourth-order valence-electron chi connectivity index (χ4n) is 2.25. The van der Waals surface area contributed by atoms with Crippen molar-refractivity contribution < 1.29 is 0 Å². The van der Waals surface area contributed by atoms with Crippen molar-refractivity contribution in [2.75, 3.05) is 20.1 Å². The van der Waals surface area contributed by atoms with Gasteiger partial charge in [-0.25, -0.2) is 0 Å². The topological polar surface area (TPSA) is 24.1 Å². The fourth-order valence-corrected chi connectivity index (χ4v) is 2.25. The molecule has 0 aromatic rings. The lowest BCUT2D eigenvalue weighted by Gasteiger charge is -2.23. The van der Waals surface area contributed by atoms with Gasteiger partial charge in [-0.1, -0.05) is 26.7 Å². The summed E-state index contributed by atoms with van der Waals surface area (Å²) in [7, 11) is 2.05. The SMILES string of the molecule is CNCC(CNC1CCCC1)C(C)C. The van der Waals surface area contributed by atoms with Crippen LogP contribution in [0.3, 0.4) is 0 Å². The van der Waals surface area contributed by atoms with Crippen molar-refractivity contribution in [2.45, 2.75) is 45.6 Å². The van der Waals surface area contributed by atoms with Gasteiger partial charge in [0, 0.05) is 6.04 Å². The van der Waals surface area contributed by atoms with E-state index >= 15 is 0 Å². The first-order valence-corrected chi connectivity index (χ1v) is 6.12. The van der Waals surface area contributed by atoms with Crippen LogP contribution in [-0.4, -0.2) is 26.2 Å². The highest BCUT2D eigenvalue weighted by molar-refractivity contribution is 4.76. The van der Waals surface area contributed by atoms with E-state index in [0.29, 0.717) is 0 Å². The Morgan fingerprint density at radius 2 is 1.79 bits per heavy atom. The summed E-state index contributed by atoms with van der Waals surface area (Å²) in [4.78, 5) is 0. The molecule has 2 nitrogen and oxygen atoms in total. The zero-order valence-corrected chi connectivity index (χ0v) is 9.97. The molecule has 0 bridgehead atoms. The molecule has 0 aliphatic heterocycles. The molecular formula is C12H26N2. The van der Waals surface area contributed by atoms with Gasteiger partial charge in [-0.2, -0.15) is 0 Å². The number of rotatable bonds is 6. The normalized spacial score (nSPS) is 20.6. The maximum absolute atomic E-state index is 3.71. The summed E-state index contributed by atoms with van der Waals surface area (Å²) >= 11 is 0. The molecule has 0 radical (unpaired) electrons. The third-order valence-electron chi connectivity index (χ3n) is 3.43. The van der Waals surface area contributed by atoms with Crippen LogP contribution in [-0.2, 0) is 0 Å². The van der Waals surface area contributed by atoms with Gasteiger partial charge >= 0.3 is 0 Å². The Labute approximate surface area is 88.8 Å². The smallest absolute Gasteiger partial charge is 0.00671 e. The summed E-state index contributed by atoms with van der Waals surface area (Å²) < 4.78 is 0. The maximum atomic E-state index is 3.71. The second kappa shape index (κ2) is 6.41. The molecule has 1 fully saturated rings. The van der Waals surface area contributed by atoms with Crippen molar-refractivity contribution in [1.82, 2.24) is 10.6 Å². The molecule has 0 aromatic heterocycles. The minimum atomic E-state index is 0.774. The van der Waals surface area contributed by atoms with Crippen LogP contribution < -0.4 is 10.6 Å². The van der Waals surface area contributed by atoms with Crippen molar-refractivity contribution in [3.8, 4) is 0 Å². The summed E-state index contributed by atoms with van der Waals surface area (Å²) in [6.45, 7) is 6.96. The molecule has 0 aromatic carbocycles. The predicted molar refractivity (Wildman–Crippen MR) is 62.5 cm³/mol. The van der Waals surface area contributed by atoms with Crippen molar-refractivity contribution in [2.24, 2.45) is 11.8 Å². The van der Waals surface area contributed by atoms with Gasteiger partial charge < -0.3 is 10.6 Å². The number of hydrogen-bond donors (Lipinski definition) is 2. The van der Waals surface area contributed by atoms with Crippen LogP contribution in [0.15, 0.2) is 0 Å². The van der Waals surface area contributed by atoms with Crippen LogP contribution in [0.5, 0.6) is 0 Å². The zero-order valence-electron chi connectivity index (χ0n) is 9.97. The minimum absolute atomic E-state index is 0.774. The van der Waals surface area contributed by atoms with E-state index in [9.17, 15) is 0 Å². The van der Waals surface area contributed by atoms with E-state index in [-0.39, 0.29) is 0 Å². The lowest BCUT2D eigenvalue weighted by atomic mass is 9.95. The van der Waals surface area contributed by atoms with Gasteiger partial charge in [0.15, 0.2) is 0 Å². The standard InChI is InChI=1S/C12H26N2/c1-10(2)11(8-13-3)9-14-12-6-4-5-7-12/h10-14H,4-9H2,1-3H3. The number of nitrogens with one attached hydrogen (secondary N) is 2. The van der Waals surface area contributed by atoms with Crippen LogP contribution in [0.25, 0.3) is 0 Å². The molecule has 0 heterocycles. The van der Waals surface area contributed by atoms with Gasteiger partial charge in [0.1, 0.15) is 0 Å². The Balaban J connectivity index is 2.17. The van der Waals surface area contributed by atoms with Gasteiger partial charge in [0.25, 0.3) is 0 Å². The monoisotopic (exact) mass is 198 g/mol. The average Bonchev–Trinajstić information content (AvgIpc) is 2.64. The third kappa shape index (κ3) is 3.97. The molecule has 0 saturated heterocycles. The highest BCUT2D eigenvalue weighted by Gasteiger charge is 2.17. The lowest BCUT2D eigenvalue weighted by Crippen LogP contribution is -2.37. The molecule has 2 N–H and O–H groups in total. The Hall–Kier alpha value is -0.0800. The molecule has 2 heteroatoms. The van der Waals surface area contributed by atoms with E-state index in [1.165, 1.54) is 32.2 Å². The minimum Gasteiger partial charge on any atom is -0.319 e. The van der Waals surface area contributed by atoms with E-state index in [0.717, 1.165) is 24.4 Å². The molecule has 1 aliphatic rings. The first kappa shape index (κ1) is 12.0. The van der Waals surface area contributed by atoms with Crippen molar-refractivity contribution in [3.05, 3.63) is 0 Å². The van der Waals surface area contributed by atoms with Crippen molar-refractivity contribution >= 4 is 0 Å². The molecule has 0 amide bonds. The Morgan fingerprint density at radius 3 is 2.29 bits per heavy atom. The maximum Gasteiger partial charge on any atom is 0.00671 e. The van der Waals surface area contributed by atoms with Crippen LogP contribution in [0.4, 0.5) is 0 Å². The Kier molecular flexibility index (Phi) is 5.49. The van der Waals surface area contributed by atoms with Crippen LogP contribution in [0.1, 0.15) is 39.5 Å². The third-order valence-corrected chi connectivity index (χ3v) is 3.43. The van der Waals surface area contributed by atoms with Gasteiger partial charge in [0.2, 0.25) is 0 Å². The molecule has 14 heavy (non-hydrogen) atoms. The Bertz CT molecular complexity index is 139. The Morgan fingerprint density at radius 1 is 1.14 bits per heavy atom. The summed E-state index contributed by atoms with van der Waals surface area (Å²) in [6, 6.07) is 0.813. The van der Waals surface area contributed by atoms with E-state index in [2.05, 4.69) is 24.5 Å². The fraction of sp³-hybridized carbons (Fsp3) is 1.00. The molecule has 1 atom stereocenters. The number of hydrogen-bond acceptors (Lipinski definition) is 2.